The number of rotatable bonds is 12. The van der Waals surface area contributed by atoms with Gasteiger partial charge in [-0.15, -0.1) is 5.10 Å². The van der Waals surface area contributed by atoms with Gasteiger partial charge in [0, 0.05) is 35.5 Å². The number of nitrogens with one attached hydrogen (secondary N) is 1. The van der Waals surface area contributed by atoms with E-state index in [1.54, 1.807) is 40.7 Å². The van der Waals surface area contributed by atoms with Gasteiger partial charge in [-0.05, 0) is 47.2 Å². The minimum absolute atomic E-state index is 0.0837. The van der Waals surface area contributed by atoms with Crippen molar-refractivity contribution in [2.45, 2.75) is 25.2 Å². The second kappa shape index (κ2) is 12.5. The Hall–Kier alpha value is -3.14. The van der Waals surface area contributed by atoms with Crippen molar-refractivity contribution in [3.05, 3.63) is 88.7 Å². The van der Waals surface area contributed by atoms with Gasteiger partial charge in [0.05, 0.1) is 12.3 Å². The maximum Gasteiger partial charge on any atom is 0.214 e. The second-order valence-corrected chi connectivity index (χ2v) is 8.91. The van der Waals surface area contributed by atoms with E-state index in [9.17, 15) is 4.39 Å². The number of tetrazole rings is 1. The van der Waals surface area contributed by atoms with Crippen molar-refractivity contribution in [3.63, 3.8) is 0 Å². The van der Waals surface area contributed by atoms with Crippen LogP contribution in [0.2, 0.25) is 5.02 Å². The minimum Gasteiger partial charge on any atom is -0.490 e. The summed E-state index contributed by atoms with van der Waals surface area (Å²) in [7, 11) is 0. The molecule has 4 aromatic rings. The predicted molar refractivity (Wildman–Crippen MR) is 135 cm³/mol. The fourth-order valence-corrected chi connectivity index (χ4v) is 4.31. The zero-order valence-electron chi connectivity index (χ0n) is 19.2. The van der Waals surface area contributed by atoms with E-state index in [0.717, 1.165) is 28.7 Å². The molecule has 182 valence electrons. The highest BCUT2D eigenvalue weighted by atomic mass is 35.5. The molecular formula is C25H25ClFN5O2S. The molecule has 0 spiro atoms. The van der Waals surface area contributed by atoms with Gasteiger partial charge in [-0.25, -0.2) is 4.39 Å². The Balaban J connectivity index is 1.32. The van der Waals surface area contributed by atoms with Gasteiger partial charge in [0.25, 0.3) is 0 Å². The minimum atomic E-state index is -0.312. The molecule has 0 aliphatic carbocycles. The van der Waals surface area contributed by atoms with Gasteiger partial charge >= 0.3 is 0 Å². The van der Waals surface area contributed by atoms with E-state index in [1.165, 1.54) is 6.07 Å². The summed E-state index contributed by atoms with van der Waals surface area (Å²) in [6.07, 6.45) is 0. The number of nitrogens with zero attached hydrogens (tertiary/aromatic N) is 4. The SMILES string of the molecule is CCOc1cc(CNCCSc2nnnn2-c2ccccc2)c(Cl)cc1OCc1ccccc1F. The Morgan fingerprint density at radius 2 is 1.77 bits per heavy atom. The molecular weight excluding hydrogens is 489 g/mol. The van der Waals surface area contributed by atoms with Gasteiger partial charge < -0.3 is 14.8 Å². The lowest BCUT2D eigenvalue weighted by Crippen LogP contribution is -2.17. The molecule has 0 saturated carbocycles. The van der Waals surface area contributed by atoms with Gasteiger partial charge in [-0.1, -0.05) is 59.8 Å². The van der Waals surface area contributed by atoms with E-state index in [4.69, 9.17) is 21.1 Å². The van der Waals surface area contributed by atoms with Crippen LogP contribution < -0.4 is 14.8 Å². The van der Waals surface area contributed by atoms with Crippen molar-refractivity contribution in [1.29, 1.82) is 0 Å². The van der Waals surface area contributed by atoms with Gasteiger partial charge in [0.15, 0.2) is 11.5 Å². The number of halogens is 2. The highest BCUT2D eigenvalue weighted by Gasteiger charge is 2.13. The number of thioether (sulfide) groups is 1. The third-order valence-corrected chi connectivity index (χ3v) is 6.29. The molecule has 1 aromatic heterocycles. The number of ether oxygens (including phenoxy) is 2. The largest absolute Gasteiger partial charge is 0.490 e. The summed E-state index contributed by atoms with van der Waals surface area (Å²) in [6.45, 7) is 3.72. The first-order valence-electron chi connectivity index (χ1n) is 11.1. The lowest BCUT2D eigenvalue weighted by atomic mass is 10.2. The molecule has 0 radical (unpaired) electrons. The van der Waals surface area contributed by atoms with Crippen molar-refractivity contribution in [2.75, 3.05) is 18.9 Å². The molecule has 0 aliphatic heterocycles. The average molecular weight is 514 g/mol. The molecule has 1 N–H and O–H groups in total. The fraction of sp³-hybridized carbons (Fsp3) is 0.240. The van der Waals surface area contributed by atoms with Gasteiger partial charge in [0.1, 0.15) is 12.4 Å². The zero-order valence-corrected chi connectivity index (χ0v) is 20.7. The monoisotopic (exact) mass is 513 g/mol. The number of hydrogen-bond donors (Lipinski definition) is 1. The molecule has 0 aliphatic rings. The summed E-state index contributed by atoms with van der Waals surface area (Å²) >= 11 is 8.08. The molecule has 35 heavy (non-hydrogen) atoms. The third kappa shape index (κ3) is 6.72. The maximum atomic E-state index is 13.9. The van der Waals surface area contributed by atoms with Crippen molar-refractivity contribution in [3.8, 4) is 17.2 Å². The molecule has 3 aromatic carbocycles. The van der Waals surface area contributed by atoms with Crippen molar-refractivity contribution in [2.24, 2.45) is 0 Å². The summed E-state index contributed by atoms with van der Waals surface area (Å²) in [5.41, 5.74) is 2.26. The summed E-state index contributed by atoms with van der Waals surface area (Å²) in [4.78, 5) is 0. The summed E-state index contributed by atoms with van der Waals surface area (Å²) in [6, 6.07) is 19.9. The predicted octanol–water partition coefficient (Wildman–Crippen LogP) is 5.31. The standard InChI is InChI=1S/C25H25ClFN5O2S/c1-2-33-23-14-19(21(26)15-24(23)34-17-18-8-6-7-11-22(18)27)16-28-12-13-35-25-29-30-31-32(25)20-9-4-3-5-10-20/h3-11,14-15,28H,2,12-13,16-17H2,1H3. The molecule has 0 saturated heterocycles. The van der Waals surface area contributed by atoms with Crippen LogP contribution in [-0.4, -0.2) is 39.1 Å². The van der Waals surface area contributed by atoms with Crippen LogP contribution in [0.3, 0.4) is 0 Å². The first kappa shape index (κ1) is 25.0. The van der Waals surface area contributed by atoms with Gasteiger partial charge in [-0.3, -0.25) is 0 Å². The van der Waals surface area contributed by atoms with Crippen molar-refractivity contribution >= 4 is 23.4 Å². The quantitative estimate of drug-likeness (QED) is 0.203. The zero-order chi connectivity index (χ0) is 24.5. The van der Waals surface area contributed by atoms with Crippen LogP contribution in [-0.2, 0) is 13.2 Å². The number of aromatic nitrogens is 4. The molecule has 0 fully saturated rings. The number of hydrogen-bond acceptors (Lipinski definition) is 7. The van der Waals surface area contributed by atoms with Crippen LogP contribution in [0.25, 0.3) is 5.69 Å². The first-order valence-corrected chi connectivity index (χ1v) is 12.5. The Labute approximate surface area is 212 Å². The molecule has 7 nitrogen and oxygen atoms in total. The average Bonchev–Trinajstić information content (AvgIpc) is 3.34. The van der Waals surface area contributed by atoms with Crippen LogP contribution in [0.5, 0.6) is 11.5 Å². The highest BCUT2D eigenvalue weighted by molar-refractivity contribution is 7.99. The van der Waals surface area contributed by atoms with Crippen molar-refractivity contribution in [1.82, 2.24) is 25.5 Å². The molecule has 0 atom stereocenters. The first-order chi connectivity index (χ1) is 17.2. The third-order valence-electron chi connectivity index (χ3n) is 5.02. The highest BCUT2D eigenvalue weighted by Crippen LogP contribution is 2.34. The summed E-state index contributed by atoms with van der Waals surface area (Å²) in [5.74, 6) is 1.51. The van der Waals surface area contributed by atoms with Crippen LogP contribution >= 0.6 is 23.4 Å². The van der Waals surface area contributed by atoms with E-state index >= 15 is 0 Å². The van der Waals surface area contributed by atoms with E-state index in [2.05, 4.69) is 20.8 Å². The lowest BCUT2D eigenvalue weighted by molar-refractivity contribution is 0.265. The number of benzene rings is 3. The molecule has 0 bridgehead atoms. The summed E-state index contributed by atoms with van der Waals surface area (Å²) in [5, 5.41) is 16.6. The Morgan fingerprint density at radius 1 is 1.00 bits per heavy atom. The smallest absolute Gasteiger partial charge is 0.214 e. The normalized spacial score (nSPS) is 10.9. The van der Waals surface area contributed by atoms with E-state index in [1.807, 2.05) is 43.3 Å². The second-order valence-electron chi connectivity index (χ2n) is 7.44. The molecule has 0 amide bonds. The van der Waals surface area contributed by atoms with Crippen LogP contribution in [0, 0.1) is 5.82 Å². The van der Waals surface area contributed by atoms with Crippen molar-refractivity contribution < 1.29 is 13.9 Å². The number of para-hydroxylation sites is 1. The maximum absolute atomic E-state index is 13.9. The molecule has 4 rings (SSSR count). The van der Waals surface area contributed by atoms with E-state index in [0.29, 0.717) is 35.2 Å². The van der Waals surface area contributed by atoms with Gasteiger partial charge in [0.2, 0.25) is 5.16 Å². The molecule has 0 unspecified atom stereocenters. The molecule has 1 heterocycles. The molecule has 10 heteroatoms. The van der Waals surface area contributed by atoms with Crippen LogP contribution in [0.4, 0.5) is 4.39 Å². The van der Waals surface area contributed by atoms with Crippen LogP contribution in [0.1, 0.15) is 18.1 Å². The van der Waals surface area contributed by atoms with E-state index in [-0.39, 0.29) is 12.4 Å². The van der Waals surface area contributed by atoms with Crippen LogP contribution in [0.15, 0.2) is 71.9 Å². The fourth-order valence-electron chi connectivity index (χ4n) is 3.30. The van der Waals surface area contributed by atoms with Gasteiger partial charge in [-0.2, -0.15) is 4.68 Å². The Kier molecular flexibility index (Phi) is 8.94. The lowest BCUT2D eigenvalue weighted by Gasteiger charge is -2.15. The Morgan fingerprint density at radius 3 is 2.57 bits per heavy atom. The summed E-state index contributed by atoms with van der Waals surface area (Å²) < 4.78 is 27.2. The Bertz CT molecular complexity index is 1240. The topological polar surface area (TPSA) is 74.1 Å². The van der Waals surface area contributed by atoms with E-state index < -0.39 is 0 Å².